The maximum absolute atomic E-state index is 12.6. The predicted molar refractivity (Wildman–Crippen MR) is 89.6 cm³/mol. The zero-order valence-corrected chi connectivity index (χ0v) is 14.7. The molecule has 1 aromatic carbocycles. The van der Waals surface area contributed by atoms with E-state index in [4.69, 9.17) is 11.5 Å². The Morgan fingerprint density at radius 3 is 2.21 bits per heavy atom. The highest BCUT2D eigenvalue weighted by Gasteiger charge is 2.38. The number of nitro groups is 1. The van der Waals surface area contributed by atoms with Crippen LogP contribution in [0.1, 0.15) is 43.6 Å². The average Bonchev–Trinajstić information content (AvgIpc) is 2.43. The summed E-state index contributed by atoms with van der Waals surface area (Å²) in [7, 11) is -3.99. The quantitative estimate of drug-likeness (QED) is 0.354. The molecule has 0 heterocycles. The van der Waals surface area contributed by atoms with Crippen molar-refractivity contribution in [1.82, 2.24) is 0 Å². The summed E-state index contributed by atoms with van der Waals surface area (Å²) in [6.07, 6.45) is 0.0604. The van der Waals surface area contributed by atoms with Gasteiger partial charge in [-0.3, -0.25) is 14.9 Å². The lowest BCUT2D eigenvalue weighted by molar-refractivity contribution is -0.388. The van der Waals surface area contributed by atoms with Gasteiger partial charge in [-0.05, 0) is 39.3 Å². The highest BCUT2D eigenvalue weighted by atomic mass is 32.2. The Bertz CT molecular complexity index is 818. The molecule has 24 heavy (non-hydrogen) atoms. The molecular weight excluding hydrogens is 336 g/mol. The smallest absolute Gasteiger partial charge is 0.291 e. The van der Waals surface area contributed by atoms with E-state index < -0.39 is 42.0 Å². The van der Waals surface area contributed by atoms with Gasteiger partial charge in [-0.1, -0.05) is 6.92 Å². The third-order valence-electron chi connectivity index (χ3n) is 3.34. The van der Waals surface area contributed by atoms with Crippen molar-refractivity contribution in [3.63, 3.8) is 0 Å². The fraction of sp³-hybridized carbons (Fsp3) is 0.429. The number of hydrogen-bond donors (Lipinski definition) is 2. The van der Waals surface area contributed by atoms with Crippen LogP contribution in [0.5, 0.6) is 0 Å². The highest BCUT2D eigenvalue weighted by Crippen LogP contribution is 2.36. The van der Waals surface area contributed by atoms with Gasteiger partial charge in [-0.15, -0.1) is 0 Å². The summed E-state index contributed by atoms with van der Waals surface area (Å²) in [4.78, 5) is 25.7. The number of nitro benzene ring substituents is 1. The van der Waals surface area contributed by atoms with E-state index in [0.29, 0.717) is 0 Å². The maximum Gasteiger partial charge on any atom is 0.291 e. The SMILES string of the molecule is CCc1c(C(=O)N=C(N)N)ccc(S(=O)(=O)C(C)(C)C)c1[N+](=O)[O-]. The van der Waals surface area contributed by atoms with E-state index in [-0.39, 0.29) is 17.5 Å². The van der Waals surface area contributed by atoms with Crippen LogP contribution >= 0.6 is 0 Å². The normalized spacial score (nSPS) is 11.8. The summed E-state index contributed by atoms with van der Waals surface area (Å²) in [5, 5.41) is 11.5. The molecule has 132 valence electrons. The van der Waals surface area contributed by atoms with Gasteiger partial charge in [0.05, 0.1) is 15.2 Å². The second-order valence-electron chi connectivity index (χ2n) is 6.01. The summed E-state index contributed by atoms with van der Waals surface area (Å²) in [6.45, 7) is 5.89. The van der Waals surface area contributed by atoms with Crippen molar-refractivity contribution >= 4 is 27.4 Å². The topological polar surface area (TPSA) is 159 Å². The van der Waals surface area contributed by atoms with Crippen LogP contribution in [-0.4, -0.2) is 30.0 Å². The van der Waals surface area contributed by atoms with Gasteiger partial charge in [0.25, 0.3) is 11.6 Å². The summed E-state index contributed by atoms with van der Waals surface area (Å²) >= 11 is 0. The van der Waals surface area contributed by atoms with Gasteiger partial charge in [0.2, 0.25) is 0 Å². The molecule has 0 atom stereocenters. The summed E-state index contributed by atoms with van der Waals surface area (Å²) in [6, 6.07) is 2.24. The zero-order valence-electron chi connectivity index (χ0n) is 13.9. The molecule has 0 aromatic heterocycles. The number of guanidine groups is 1. The van der Waals surface area contributed by atoms with Gasteiger partial charge >= 0.3 is 0 Å². The third-order valence-corrected chi connectivity index (χ3v) is 5.86. The van der Waals surface area contributed by atoms with Gasteiger partial charge < -0.3 is 11.5 Å². The van der Waals surface area contributed by atoms with E-state index in [0.717, 1.165) is 6.07 Å². The molecule has 1 amide bonds. The summed E-state index contributed by atoms with van der Waals surface area (Å²) < 4.78 is 24.1. The first kappa shape index (κ1) is 19.6. The molecule has 0 saturated carbocycles. The molecule has 9 nitrogen and oxygen atoms in total. The lowest BCUT2D eigenvalue weighted by atomic mass is 10.0. The molecule has 0 aliphatic carbocycles. The first-order valence-electron chi connectivity index (χ1n) is 7.03. The Morgan fingerprint density at radius 1 is 1.29 bits per heavy atom. The molecule has 4 N–H and O–H groups in total. The molecule has 0 bridgehead atoms. The second kappa shape index (κ2) is 6.56. The van der Waals surface area contributed by atoms with Gasteiger partial charge in [-0.2, -0.15) is 4.99 Å². The lowest BCUT2D eigenvalue weighted by Gasteiger charge is -2.20. The molecule has 0 spiro atoms. The number of nitrogens with zero attached hydrogens (tertiary/aromatic N) is 2. The first-order chi connectivity index (χ1) is 10.8. The van der Waals surface area contributed by atoms with Crippen molar-refractivity contribution in [3.8, 4) is 0 Å². The lowest BCUT2D eigenvalue weighted by Crippen LogP contribution is -2.29. The molecule has 0 aliphatic rings. The Balaban J connectivity index is 3.85. The van der Waals surface area contributed by atoms with Crippen molar-refractivity contribution in [2.45, 2.75) is 43.8 Å². The number of hydrogen-bond acceptors (Lipinski definition) is 5. The highest BCUT2D eigenvalue weighted by molar-refractivity contribution is 7.92. The standard InChI is InChI=1S/C14H20N4O5S/c1-5-8-9(12(19)17-13(15)16)6-7-10(11(8)18(20)21)24(22,23)14(2,3)4/h6-7H,5H2,1-4H3,(H4,15,16,17,19). The van der Waals surface area contributed by atoms with Crippen LogP contribution in [0.4, 0.5) is 5.69 Å². The number of carbonyl (C=O) groups excluding carboxylic acids is 1. The molecule has 0 unspecified atom stereocenters. The summed E-state index contributed by atoms with van der Waals surface area (Å²) in [5.41, 5.74) is 9.55. The zero-order chi connectivity index (χ0) is 18.9. The largest absolute Gasteiger partial charge is 0.370 e. The van der Waals surface area contributed by atoms with Crippen LogP contribution in [0.15, 0.2) is 22.0 Å². The van der Waals surface area contributed by atoms with Crippen molar-refractivity contribution in [2.75, 3.05) is 0 Å². The van der Waals surface area contributed by atoms with E-state index in [9.17, 15) is 23.3 Å². The number of nitrogens with two attached hydrogens (primary N) is 2. The Hall–Kier alpha value is -2.49. The average molecular weight is 356 g/mol. The van der Waals surface area contributed by atoms with Crippen molar-refractivity contribution in [2.24, 2.45) is 16.5 Å². The van der Waals surface area contributed by atoms with E-state index in [1.807, 2.05) is 0 Å². The van der Waals surface area contributed by atoms with Gasteiger partial charge in [-0.25, -0.2) is 8.42 Å². The van der Waals surface area contributed by atoms with Crippen LogP contribution < -0.4 is 11.5 Å². The molecule has 1 aromatic rings. The summed E-state index contributed by atoms with van der Waals surface area (Å²) in [5.74, 6) is -1.36. The number of aliphatic imine (C=N–C) groups is 1. The molecular formula is C14H20N4O5S. The van der Waals surface area contributed by atoms with Crippen LogP contribution in [0, 0.1) is 10.1 Å². The fourth-order valence-corrected chi connectivity index (χ4v) is 3.46. The van der Waals surface area contributed by atoms with Crippen LogP contribution in [0.25, 0.3) is 0 Å². The van der Waals surface area contributed by atoms with E-state index in [1.165, 1.54) is 26.8 Å². The van der Waals surface area contributed by atoms with Crippen LogP contribution in [-0.2, 0) is 16.3 Å². The number of rotatable bonds is 4. The molecule has 0 radical (unpaired) electrons. The Morgan fingerprint density at radius 2 is 1.83 bits per heavy atom. The van der Waals surface area contributed by atoms with E-state index >= 15 is 0 Å². The number of sulfone groups is 1. The number of benzene rings is 1. The molecule has 0 saturated heterocycles. The first-order valence-corrected chi connectivity index (χ1v) is 8.51. The molecule has 0 aliphatic heterocycles. The maximum atomic E-state index is 12.6. The minimum absolute atomic E-state index is 0.0275. The number of amides is 1. The van der Waals surface area contributed by atoms with E-state index in [1.54, 1.807) is 6.92 Å². The molecule has 1 rings (SSSR count). The monoisotopic (exact) mass is 356 g/mol. The van der Waals surface area contributed by atoms with Gasteiger partial charge in [0.15, 0.2) is 15.8 Å². The van der Waals surface area contributed by atoms with Gasteiger partial charge in [0, 0.05) is 5.56 Å². The fourth-order valence-electron chi connectivity index (χ4n) is 2.10. The minimum Gasteiger partial charge on any atom is -0.370 e. The molecule has 0 fully saturated rings. The second-order valence-corrected chi connectivity index (χ2v) is 8.68. The van der Waals surface area contributed by atoms with Gasteiger partial charge in [0.1, 0.15) is 4.90 Å². The Kier molecular flexibility index (Phi) is 5.34. The van der Waals surface area contributed by atoms with Crippen molar-refractivity contribution in [1.29, 1.82) is 0 Å². The van der Waals surface area contributed by atoms with Crippen LogP contribution in [0.2, 0.25) is 0 Å². The van der Waals surface area contributed by atoms with Crippen LogP contribution in [0.3, 0.4) is 0 Å². The van der Waals surface area contributed by atoms with Crippen molar-refractivity contribution in [3.05, 3.63) is 33.4 Å². The molecule has 10 heteroatoms. The Labute approximate surface area is 139 Å². The van der Waals surface area contributed by atoms with E-state index in [2.05, 4.69) is 4.99 Å². The third kappa shape index (κ3) is 3.53. The minimum atomic E-state index is -3.99. The van der Waals surface area contributed by atoms with Crippen molar-refractivity contribution < 1.29 is 18.1 Å². The number of carbonyl (C=O) groups is 1. The predicted octanol–water partition coefficient (Wildman–Crippen LogP) is 1.14.